The molecule has 63 valence electrons. The van der Waals surface area contributed by atoms with Crippen molar-refractivity contribution in [1.29, 1.82) is 0 Å². The highest BCUT2D eigenvalue weighted by Crippen LogP contribution is 2.25. The lowest BCUT2D eigenvalue weighted by Gasteiger charge is -2.23. The summed E-state index contributed by atoms with van der Waals surface area (Å²) >= 11 is 0. The smallest absolute Gasteiger partial charge is 0.303 e. The molecule has 1 fully saturated rings. The largest absolute Gasteiger partial charge is 0.481 e. The molecule has 3 heteroatoms. The molecule has 0 spiro atoms. The zero-order chi connectivity index (χ0) is 8.27. The van der Waals surface area contributed by atoms with E-state index in [4.69, 9.17) is 10.2 Å². The van der Waals surface area contributed by atoms with Crippen LogP contribution in [0.1, 0.15) is 25.7 Å². The number of hydrogen-bond donors (Lipinski definition) is 2. The Bertz CT molecular complexity index is 144. The van der Waals surface area contributed by atoms with Crippen LogP contribution in [0.15, 0.2) is 0 Å². The van der Waals surface area contributed by atoms with Crippen molar-refractivity contribution >= 4 is 5.97 Å². The third-order valence-corrected chi connectivity index (χ3v) is 2.05. The molecule has 2 unspecified atom stereocenters. The number of carboxylic acid groups (broad SMARTS) is 1. The minimum atomic E-state index is -0.760. The first-order valence-corrected chi connectivity index (χ1v) is 3.91. The Morgan fingerprint density at radius 1 is 1.64 bits per heavy atom. The normalized spacial score (nSPS) is 31.7. The first-order valence-electron chi connectivity index (χ1n) is 3.91. The van der Waals surface area contributed by atoms with E-state index < -0.39 is 5.97 Å². The number of aliphatic hydroxyl groups is 1. The fraction of sp³-hybridized carbons (Fsp3) is 0.750. The fourth-order valence-corrected chi connectivity index (χ4v) is 1.51. The van der Waals surface area contributed by atoms with Crippen LogP contribution >= 0.6 is 0 Å². The topological polar surface area (TPSA) is 57.5 Å². The molecule has 0 aliphatic heterocycles. The van der Waals surface area contributed by atoms with Crippen LogP contribution in [0.3, 0.4) is 0 Å². The van der Waals surface area contributed by atoms with Crippen molar-refractivity contribution in [3.63, 3.8) is 0 Å². The minimum Gasteiger partial charge on any atom is -0.481 e. The van der Waals surface area contributed by atoms with Crippen molar-refractivity contribution in [3.8, 4) is 0 Å². The fourth-order valence-electron chi connectivity index (χ4n) is 1.51. The van der Waals surface area contributed by atoms with Crippen molar-refractivity contribution in [1.82, 2.24) is 0 Å². The van der Waals surface area contributed by atoms with Gasteiger partial charge in [-0.05, 0) is 31.6 Å². The maximum Gasteiger partial charge on any atom is 0.303 e. The van der Waals surface area contributed by atoms with E-state index in [2.05, 4.69) is 0 Å². The molecule has 0 amide bonds. The van der Waals surface area contributed by atoms with Gasteiger partial charge in [0.1, 0.15) is 0 Å². The van der Waals surface area contributed by atoms with Gasteiger partial charge in [-0.15, -0.1) is 0 Å². The summed E-state index contributed by atoms with van der Waals surface area (Å²) in [5.74, 6) is -0.586. The highest BCUT2D eigenvalue weighted by Gasteiger charge is 2.21. The Kier molecular flexibility index (Phi) is 2.88. The number of aliphatic hydroxyl groups excluding tert-OH is 1. The highest BCUT2D eigenvalue weighted by atomic mass is 16.4. The van der Waals surface area contributed by atoms with Gasteiger partial charge in [0.15, 0.2) is 0 Å². The monoisotopic (exact) mass is 157 g/mol. The molecule has 1 aliphatic carbocycles. The molecule has 1 radical (unpaired) electrons. The van der Waals surface area contributed by atoms with E-state index >= 15 is 0 Å². The quantitative estimate of drug-likeness (QED) is 0.624. The molecule has 2 atom stereocenters. The SMILES string of the molecule is O=C(O)CC1CC[CH]C(O)C1. The number of carbonyl (C=O) groups is 1. The zero-order valence-electron chi connectivity index (χ0n) is 6.36. The summed E-state index contributed by atoms with van der Waals surface area (Å²) in [5, 5.41) is 17.6. The molecule has 0 heterocycles. The van der Waals surface area contributed by atoms with E-state index in [1.54, 1.807) is 0 Å². The van der Waals surface area contributed by atoms with Gasteiger partial charge in [0, 0.05) is 6.42 Å². The van der Waals surface area contributed by atoms with Crippen LogP contribution in [-0.4, -0.2) is 22.3 Å². The van der Waals surface area contributed by atoms with Crippen molar-refractivity contribution in [2.24, 2.45) is 5.92 Å². The van der Waals surface area contributed by atoms with Crippen LogP contribution in [-0.2, 0) is 4.79 Å². The first-order chi connectivity index (χ1) is 5.18. The number of rotatable bonds is 2. The molecule has 0 aromatic rings. The van der Waals surface area contributed by atoms with Crippen molar-refractivity contribution in [2.45, 2.75) is 31.8 Å². The van der Waals surface area contributed by atoms with Crippen LogP contribution in [0.4, 0.5) is 0 Å². The molecule has 0 aromatic carbocycles. The van der Waals surface area contributed by atoms with E-state index in [1.165, 1.54) is 0 Å². The Morgan fingerprint density at radius 2 is 2.36 bits per heavy atom. The van der Waals surface area contributed by atoms with E-state index in [1.807, 2.05) is 6.42 Å². The Hall–Kier alpha value is -0.570. The molecule has 11 heavy (non-hydrogen) atoms. The molecule has 0 bridgehead atoms. The summed E-state index contributed by atoms with van der Waals surface area (Å²) < 4.78 is 0. The summed E-state index contributed by atoms with van der Waals surface area (Å²) in [5.41, 5.74) is 0. The lowest BCUT2D eigenvalue weighted by molar-refractivity contribution is -0.138. The number of carboxylic acids is 1. The van der Waals surface area contributed by atoms with Crippen LogP contribution in [0.2, 0.25) is 0 Å². The molecule has 2 N–H and O–H groups in total. The molecule has 1 saturated carbocycles. The predicted molar refractivity (Wildman–Crippen MR) is 39.9 cm³/mol. The second-order valence-corrected chi connectivity index (χ2v) is 3.08. The van der Waals surface area contributed by atoms with Gasteiger partial charge in [0.05, 0.1) is 6.10 Å². The second-order valence-electron chi connectivity index (χ2n) is 3.08. The van der Waals surface area contributed by atoms with Crippen molar-refractivity contribution < 1.29 is 15.0 Å². The number of aliphatic carboxylic acids is 1. The molecule has 1 aliphatic rings. The van der Waals surface area contributed by atoms with E-state index in [0.717, 1.165) is 12.8 Å². The van der Waals surface area contributed by atoms with Crippen LogP contribution in [0.5, 0.6) is 0 Å². The molecular weight excluding hydrogens is 144 g/mol. The molecule has 0 saturated heterocycles. The van der Waals surface area contributed by atoms with Crippen molar-refractivity contribution in [2.75, 3.05) is 0 Å². The first kappa shape index (κ1) is 8.53. The number of hydrogen-bond acceptors (Lipinski definition) is 2. The standard InChI is InChI=1S/C8H13O3/c9-7-3-1-2-6(4-7)5-8(10)11/h3,6-7,9H,1-2,4-5H2,(H,10,11). The van der Waals surface area contributed by atoms with Crippen LogP contribution < -0.4 is 0 Å². The Labute approximate surface area is 66.0 Å². The average Bonchev–Trinajstić information content (AvgIpc) is 1.85. The van der Waals surface area contributed by atoms with E-state index in [9.17, 15) is 4.79 Å². The van der Waals surface area contributed by atoms with Gasteiger partial charge >= 0.3 is 5.97 Å². The lowest BCUT2D eigenvalue weighted by Crippen LogP contribution is -2.22. The van der Waals surface area contributed by atoms with Gasteiger partial charge in [0.2, 0.25) is 0 Å². The lowest BCUT2D eigenvalue weighted by atomic mass is 9.85. The van der Waals surface area contributed by atoms with E-state index in [-0.39, 0.29) is 18.4 Å². The summed E-state index contributed by atoms with van der Waals surface area (Å²) in [6.07, 6.45) is 4.03. The zero-order valence-corrected chi connectivity index (χ0v) is 6.36. The molecule has 3 nitrogen and oxygen atoms in total. The third kappa shape index (κ3) is 2.89. The van der Waals surface area contributed by atoms with Gasteiger partial charge in [-0.3, -0.25) is 4.79 Å². The molecule has 1 rings (SSSR count). The van der Waals surface area contributed by atoms with Gasteiger partial charge in [-0.25, -0.2) is 0 Å². The van der Waals surface area contributed by atoms with Gasteiger partial charge in [-0.2, -0.15) is 0 Å². The van der Waals surface area contributed by atoms with Gasteiger partial charge < -0.3 is 10.2 Å². The summed E-state index contributed by atoms with van der Waals surface area (Å²) in [6, 6.07) is 0. The predicted octanol–water partition coefficient (Wildman–Crippen LogP) is 0.826. The molecular formula is C8H13O3. The van der Waals surface area contributed by atoms with Crippen LogP contribution in [0, 0.1) is 12.3 Å². The molecule has 0 aromatic heterocycles. The summed E-state index contributed by atoms with van der Waals surface area (Å²) in [7, 11) is 0. The maximum absolute atomic E-state index is 10.3. The van der Waals surface area contributed by atoms with Gasteiger partial charge in [0.25, 0.3) is 0 Å². The second kappa shape index (κ2) is 3.72. The highest BCUT2D eigenvalue weighted by molar-refractivity contribution is 5.67. The van der Waals surface area contributed by atoms with E-state index in [0.29, 0.717) is 6.42 Å². The third-order valence-electron chi connectivity index (χ3n) is 2.05. The van der Waals surface area contributed by atoms with Crippen molar-refractivity contribution in [3.05, 3.63) is 6.42 Å². The summed E-state index contributed by atoms with van der Waals surface area (Å²) in [6.45, 7) is 0. The maximum atomic E-state index is 10.3. The Balaban J connectivity index is 2.28. The summed E-state index contributed by atoms with van der Waals surface area (Å²) in [4.78, 5) is 10.3. The average molecular weight is 157 g/mol. The Morgan fingerprint density at radius 3 is 2.91 bits per heavy atom. The van der Waals surface area contributed by atoms with Gasteiger partial charge in [-0.1, -0.05) is 0 Å². The minimum absolute atomic E-state index is 0.174. The van der Waals surface area contributed by atoms with Crippen LogP contribution in [0.25, 0.3) is 0 Å².